The second kappa shape index (κ2) is 5.30. The minimum atomic E-state index is -1.81. The van der Waals surface area contributed by atoms with Crippen LogP contribution < -0.4 is 0 Å². The summed E-state index contributed by atoms with van der Waals surface area (Å²) >= 11 is 0. The average molecular weight is 337 g/mol. The first-order valence-corrected chi connectivity index (χ1v) is 8.54. The van der Waals surface area contributed by atoms with Crippen molar-refractivity contribution in [3.05, 3.63) is 11.6 Å². The van der Waals surface area contributed by atoms with E-state index in [0.29, 0.717) is 0 Å². The largest absolute Gasteiger partial charge is 0.460 e. The maximum Gasteiger partial charge on any atom is 0.338 e. The first-order chi connectivity index (χ1) is 11.0. The van der Waals surface area contributed by atoms with Gasteiger partial charge < -0.3 is 14.6 Å². The molecule has 0 saturated carbocycles. The first kappa shape index (κ1) is 17.4. The van der Waals surface area contributed by atoms with Gasteiger partial charge in [-0.25, -0.2) is 4.79 Å². The van der Waals surface area contributed by atoms with Crippen molar-refractivity contribution >= 4 is 11.9 Å². The van der Waals surface area contributed by atoms with Crippen LogP contribution in [0.4, 0.5) is 0 Å². The minimum absolute atomic E-state index is 0.0243. The molecule has 6 heteroatoms. The lowest BCUT2D eigenvalue weighted by Crippen LogP contribution is -2.59. The van der Waals surface area contributed by atoms with Crippen LogP contribution in [0.1, 0.15) is 41.0 Å². The highest BCUT2D eigenvalue weighted by atomic mass is 16.6. The molecule has 3 atom stereocenters. The van der Waals surface area contributed by atoms with Crippen LogP contribution in [0.15, 0.2) is 11.6 Å². The molecule has 0 radical (unpaired) electrons. The Bertz CT molecular complexity index is 605. The van der Waals surface area contributed by atoms with Gasteiger partial charge in [-0.2, -0.15) is 0 Å². The third kappa shape index (κ3) is 2.23. The van der Waals surface area contributed by atoms with Gasteiger partial charge in [0.05, 0.1) is 11.5 Å². The van der Waals surface area contributed by atoms with E-state index in [1.807, 2.05) is 6.08 Å². The summed E-state index contributed by atoms with van der Waals surface area (Å²) in [6.45, 7) is 10.0. The number of cyclic esters (lactones) is 1. The predicted molar refractivity (Wildman–Crippen MR) is 87.1 cm³/mol. The number of nitrogens with zero attached hydrogens (tertiary/aromatic N) is 1. The Morgan fingerprint density at radius 3 is 2.50 bits per heavy atom. The Morgan fingerprint density at radius 1 is 1.17 bits per heavy atom. The summed E-state index contributed by atoms with van der Waals surface area (Å²) in [6, 6.07) is -0.0243. The van der Waals surface area contributed by atoms with Crippen molar-refractivity contribution in [1.82, 2.24) is 4.90 Å². The van der Waals surface area contributed by atoms with Gasteiger partial charge in [-0.05, 0) is 32.8 Å². The minimum Gasteiger partial charge on any atom is -0.460 e. The number of aliphatic hydroxyl groups is 1. The summed E-state index contributed by atoms with van der Waals surface area (Å²) in [5, 5.41) is 10.9. The molecule has 0 spiro atoms. The lowest BCUT2D eigenvalue weighted by Gasteiger charge is -2.47. The summed E-state index contributed by atoms with van der Waals surface area (Å²) in [5.41, 5.74) is -2.99. The van der Waals surface area contributed by atoms with Gasteiger partial charge in [0.15, 0.2) is 5.60 Å². The predicted octanol–water partition coefficient (Wildman–Crippen LogP) is 1.27. The molecule has 0 aromatic heterocycles. The van der Waals surface area contributed by atoms with Gasteiger partial charge in [-0.15, -0.1) is 0 Å². The second-order valence-electron chi connectivity index (χ2n) is 8.35. The molecule has 0 aliphatic carbocycles. The molecule has 2 fully saturated rings. The van der Waals surface area contributed by atoms with Crippen molar-refractivity contribution in [3.63, 3.8) is 0 Å². The molecule has 3 heterocycles. The fourth-order valence-electron chi connectivity index (χ4n) is 3.82. The van der Waals surface area contributed by atoms with Crippen LogP contribution in [0, 0.1) is 10.8 Å². The Balaban J connectivity index is 2.03. The second-order valence-corrected chi connectivity index (χ2v) is 8.35. The van der Waals surface area contributed by atoms with E-state index in [1.54, 1.807) is 27.7 Å². The molecular weight excluding hydrogens is 310 g/mol. The van der Waals surface area contributed by atoms with Crippen molar-refractivity contribution in [1.29, 1.82) is 0 Å². The molecule has 1 N–H and O–H groups in total. The smallest absolute Gasteiger partial charge is 0.338 e. The van der Waals surface area contributed by atoms with E-state index < -0.39 is 22.4 Å². The van der Waals surface area contributed by atoms with Crippen LogP contribution in [0.25, 0.3) is 0 Å². The monoisotopic (exact) mass is 337 g/mol. The standard InChI is InChI=1S/C18H27NO5/c1-16(2)14(20)24-12-7-9-19-8-6-11(13(12)19)10-23-15(21)18(5,22)17(16,3)4/h6,12-13,22H,7-10H2,1-5H3/t12-,13?,18+/m1/s1. The van der Waals surface area contributed by atoms with Crippen LogP contribution in [-0.2, 0) is 19.1 Å². The summed E-state index contributed by atoms with van der Waals surface area (Å²) in [7, 11) is 0. The molecule has 2 saturated heterocycles. The first-order valence-electron chi connectivity index (χ1n) is 8.54. The number of carbonyl (C=O) groups excluding carboxylic acids is 2. The van der Waals surface area contributed by atoms with Gasteiger partial charge in [-0.3, -0.25) is 9.69 Å². The van der Waals surface area contributed by atoms with Gasteiger partial charge in [0.1, 0.15) is 12.7 Å². The number of carbonyl (C=O) groups is 2. The molecule has 24 heavy (non-hydrogen) atoms. The molecule has 3 rings (SSSR count). The summed E-state index contributed by atoms with van der Waals surface area (Å²) in [5.74, 6) is -1.09. The maximum atomic E-state index is 12.9. The van der Waals surface area contributed by atoms with E-state index in [0.717, 1.165) is 25.1 Å². The average Bonchev–Trinajstić information content (AvgIpc) is 3.06. The van der Waals surface area contributed by atoms with Crippen molar-refractivity contribution in [2.45, 2.75) is 58.8 Å². The topological polar surface area (TPSA) is 76.1 Å². The molecule has 1 unspecified atom stereocenters. The third-order valence-corrected chi connectivity index (χ3v) is 6.73. The van der Waals surface area contributed by atoms with Crippen molar-refractivity contribution in [2.75, 3.05) is 19.7 Å². The number of rotatable bonds is 0. The number of hydrogen-bond donors (Lipinski definition) is 1. The molecular formula is C18H27NO5. The van der Waals surface area contributed by atoms with E-state index in [4.69, 9.17) is 9.47 Å². The van der Waals surface area contributed by atoms with Crippen molar-refractivity contribution in [2.24, 2.45) is 10.8 Å². The molecule has 3 aliphatic heterocycles. The zero-order chi connectivity index (χ0) is 17.9. The molecule has 134 valence electrons. The van der Waals surface area contributed by atoms with E-state index in [2.05, 4.69) is 4.90 Å². The summed E-state index contributed by atoms with van der Waals surface area (Å²) < 4.78 is 11.3. The quantitative estimate of drug-likeness (QED) is 0.530. The maximum absolute atomic E-state index is 12.9. The zero-order valence-electron chi connectivity index (χ0n) is 15.1. The molecule has 0 bridgehead atoms. The Morgan fingerprint density at radius 2 is 1.83 bits per heavy atom. The highest BCUT2D eigenvalue weighted by Crippen LogP contribution is 2.49. The van der Waals surface area contributed by atoms with Crippen LogP contribution in [0.3, 0.4) is 0 Å². The Hall–Kier alpha value is -1.40. The fourth-order valence-corrected chi connectivity index (χ4v) is 3.82. The summed E-state index contributed by atoms with van der Waals surface area (Å²) in [6.07, 6.45) is 2.57. The molecule has 0 aromatic carbocycles. The van der Waals surface area contributed by atoms with Crippen LogP contribution in [0.2, 0.25) is 0 Å². The van der Waals surface area contributed by atoms with Crippen LogP contribution in [-0.4, -0.2) is 59.4 Å². The normalized spacial score (nSPS) is 38.7. The molecule has 3 aliphatic rings. The SMILES string of the molecule is CC1(C)C(=O)O[C@@H]2CCN3CC=C(COC(=O)[C@](C)(O)C1(C)C)C23. The van der Waals surface area contributed by atoms with E-state index in [-0.39, 0.29) is 24.7 Å². The zero-order valence-corrected chi connectivity index (χ0v) is 15.1. The number of hydrogen-bond acceptors (Lipinski definition) is 6. The van der Waals surface area contributed by atoms with E-state index in [1.165, 1.54) is 6.92 Å². The van der Waals surface area contributed by atoms with Crippen LogP contribution >= 0.6 is 0 Å². The van der Waals surface area contributed by atoms with E-state index >= 15 is 0 Å². The van der Waals surface area contributed by atoms with Crippen molar-refractivity contribution < 1.29 is 24.2 Å². The fraction of sp³-hybridized carbons (Fsp3) is 0.778. The van der Waals surface area contributed by atoms with Gasteiger partial charge in [0.2, 0.25) is 0 Å². The highest BCUT2D eigenvalue weighted by Gasteiger charge is 2.60. The lowest BCUT2D eigenvalue weighted by molar-refractivity contribution is -0.196. The summed E-state index contributed by atoms with van der Waals surface area (Å²) in [4.78, 5) is 27.7. The Labute approximate surface area is 142 Å². The lowest BCUT2D eigenvalue weighted by atomic mass is 9.59. The van der Waals surface area contributed by atoms with Crippen molar-refractivity contribution in [3.8, 4) is 0 Å². The Kier molecular flexibility index (Phi) is 3.85. The van der Waals surface area contributed by atoms with Gasteiger partial charge in [0, 0.05) is 18.5 Å². The molecule has 6 nitrogen and oxygen atoms in total. The number of ether oxygens (including phenoxy) is 2. The van der Waals surface area contributed by atoms with Gasteiger partial charge in [0.25, 0.3) is 0 Å². The van der Waals surface area contributed by atoms with E-state index in [9.17, 15) is 14.7 Å². The third-order valence-electron chi connectivity index (χ3n) is 6.73. The molecule has 0 aromatic rings. The number of esters is 2. The van der Waals surface area contributed by atoms with Gasteiger partial charge in [-0.1, -0.05) is 19.9 Å². The molecule has 0 amide bonds. The highest BCUT2D eigenvalue weighted by molar-refractivity contribution is 5.84. The van der Waals surface area contributed by atoms with Crippen LogP contribution in [0.5, 0.6) is 0 Å². The van der Waals surface area contributed by atoms with Gasteiger partial charge >= 0.3 is 11.9 Å².